The van der Waals surface area contributed by atoms with E-state index in [0.717, 1.165) is 12.0 Å². The maximum Gasteiger partial charge on any atom is 0.228 e. The average molecular weight is 303 g/mol. The lowest BCUT2D eigenvalue weighted by molar-refractivity contribution is 0.162. The Morgan fingerprint density at radius 1 is 1.14 bits per heavy atom. The van der Waals surface area contributed by atoms with E-state index in [1.165, 1.54) is 0 Å². The Morgan fingerprint density at radius 3 is 2.62 bits per heavy atom. The molecule has 21 heavy (non-hydrogen) atoms. The van der Waals surface area contributed by atoms with Gasteiger partial charge in [-0.2, -0.15) is 4.98 Å². The first-order valence-electron chi connectivity index (χ1n) is 6.89. The van der Waals surface area contributed by atoms with Crippen LogP contribution in [0.15, 0.2) is 40.8 Å². The number of benzene rings is 1. The van der Waals surface area contributed by atoms with Crippen molar-refractivity contribution in [2.45, 2.75) is 25.9 Å². The molecule has 108 valence electrons. The van der Waals surface area contributed by atoms with Gasteiger partial charge >= 0.3 is 0 Å². The van der Waals surface area contributed by atoms with E-state index >= 15 is 0 Å². The minimum Gasteiger partial charge on any atom is -0.434 e. The first kappa shape index (κ1) is 14.0. The molecule has 4 nitrogen and oxygen atoms in total. The standard InChI is InChI=1S/C16H15ClN2O2/c1-2-3-13(20)12-8-9-14-15(18-12)19-16(21-14)10-4-6-11(17)7-5-10/h4-9,13,20H,2-3H2,1H3. The topological polar surface area (TPSA) is 59.2 Å². The molecular formula is C16H15ClN2O2. The number of aliphatic hydroxyl groups is 1. The molecule has 3 aromatic rings. The van der Waals surface area contributed by atoms with E-state index in [1.807, 2.05) is 19.1 Å². The zero-order valence-corrected chi connectivity index (χ0v) is 12.3. The molecule has 0 aliphatic rings. The number of hydrogen-bond donors (Lipinski definition) is 1. The van der Waals surface area contributed by atoms with Crippen molar-refractivity contribution >= 4 is 22.8 Å². The van der Waals surface area contributed by atoms with E-state index in [2.05, 4.69) is 9.97 Å². The molecular weight excluding hydrogens is 288 g/mol. The number of hydrogen-bond acceptors (Lipinski definition) is 4. The van der Waals surface area contributed by atoms with Crippen LogP contribution in [-0.2, 0) is 0 Å². The third-order valence-electron chi connectivity index (χ3n) is 3.27. The Kier molecular flexibility index (Phi) is 3.90. The van der Waals surface area contributed by atoms with Crippen molar-refractivity contribution in [3.8, 4) is 11.5 Å². The maximum absolute atomic E-state index is 10.00. The van der Waals surface area contributed by atoms with Gasteiger partial charge < -0.3 is 9.52 Å². The predicted molar refractivity (Wildman–Crippen MR) is 82.1 cm³/mol. The first-order chi connectivity index (χ1) is 10.2. The van der Waals surface area contributed by atoms with Crippen molar-refractivity contribution in [1.82, 2.24) is 9.97 Å². The highest BCUT2D eigenvalue weighted by atomic mass is 35.5. The van der Waals surface area contributed by atoms with E-state index in [0.29, 0.717) is 34.3 Å². The van der Waals surface area contributed by atoms with Crippen LogP contribution in [-0.4, -0.2) is 15.1 Å². The Bertz CT molecular complexity index is 753. The third kappa shape index (κ3) is 2.91. The van der Waals surface area contributed by atoms with Crippen LogP contribution < -0.4 is 0 Å². The lowest BCUT2D eigenvalue weighted by Gasteiger charge is -2.07. The van der Waals surface area contributed by atoms with Crippen molar-refractivity contribution < 1.29 is 9.52 Å². The second-order valence-electron chi connectivity index (χ2n) is 4.89. The minimum atomic E-state index is -0.560. The molecule has 0 saturated heterocycles. The molecule has 0 saturated carbocycles. The van der Waals surface area contributed by atoms with E-state index in [1.54, 1.807) is 24.3 Å². The lowest BCUT2D eigenvalue weighted by atomic mass is 10.1. The summed E-state index contributed by atoms with van der Waals surface area (Å²) in [7, 11) is 0. The molecule has 0 spiro atoms. The van der Waals surface area contributed by atoms with Crippen molar-refractivity contribution in [3.05, 3.63) is 47.1 Å². The molecule has 1 N–H and O–H groups in total. The van der Waals surface area contributed by atoms with Crippen LogP contribution in [0.25, 0.3) is 22.7 Å². The van der Waals surface area contributed by atoms with E-state index in [4.69, 9.17) is 16.0 Å². The van der Waals surface area contributed by atoms with Gasteiger partial charge in [0.2, 0.25) is 5.89 Å². The smallest absolute Gasteiger partial charge is 0.228 e. The molecule has 3 rings (SSSR count). The van der Waals surface area contributed by atoms with Gasteiger partial charge in [-0.15, -0.1) is 0 Å². The summed E-state index contributed by atoms with van der Waals surface area (Å²) in [5.41, 5.74) is 2.58. The Labute approximate surface area is 127 Å². The van der Waals surface area contributed by atoms with E-state index < -0.39 is 6.10 Å². The second-order valence-corrected chi connectivity index (χ2v) is 5.32. The predicted octanol–water partition coefficient (Wildman–Crippen LogP) is 4.38. The summed E-state index contributed by atoms with van der Waals surface area (Å²) >= 11 is 5.87. The summed E-state index contributed by atoms with van der Waals surface area (Å²) < 4.78 is 5.69. The highest BCUT2D eigenvalue weighted by Crippen LogP contribution is 2.26. The molecule has 0 aliphatic carbocycles. The number of rotatable bonds is 4. The molecule has 0 fully saturated rings. The van der Waals surface area contributed by atoms with Gasteiger partial charge in [-0.1, -0.05) is 24.9 Å². The van der Waals surface area contributed by atoms with Crippen LogP contribution in [0.5, 0.6) is 0 Å². The molecule has 0 bridgehead atoms. The molecule has 2 aromatic heterocycles. The van der Waals surface area contributed by atoms with Gasteiger partial charge in [0.1, 0.15) is 0 Å². The number of aromatic nitrogens is 2. The van der Waals surface area contributed by atoms with Gasteiger partial charge in [-0.3, -0.25) is 0 Å². The summed E-state index contributed by atoms with van der Waals surface area (Å²) in [5.74, 6) is 0.497. The normalized spacial score (nSPS) is 12.7. The summed E-state index contributed by atoms with van der Waals surface area (Å²) in [6, 6.07) is 10.8. The van der Waals surface area contributed by atoms with Gasteiger partial charge in [0.15, 0.2) is 11.2 Å². The Morgan fingerprint density at radius 2 is 1.90 bits per heavy atom. The van der Waals surface area contributed by atoms with Crippen molar-refractivity contribution in [2.24, 2.45) is 0 Å². The highest BCUT2D eigenvalue weighted by molar-refractivity contribution is 6.30. The quantitative estimate of drug-likeness (QED) is 0.777. The Balaban J connectivity index is 1.98. The highest BCUT2D eigenvalue weighted by Gasteiger charge is 2.13. The van der Waals surface area contributed by atoms with Crippen molar-refractivity contribution in [2.75, 3.05) is 0 Å². The third-order valence-corrected chi connectivity index (χ3v) is 3.52. The number of oxazole rings is 1. The van der Waals surface area contributed by atoms with Crippen molar-refractivity contribution in [1.29, 1.82) is 0 Å². The summed E-state index contributed by atoms with van der Waals surface area (Å²) in [6.07, 6.45) is 1.02. The molecule has 1 atom stereocenters. The second kappa shape index (κ2) is 5.84. The number of pyridine rings is 1. The molecule has 0 amide bonds. The number of halogens is 1. The van der Waals surface area contributed by atoms with Crippen LogP contribution in [0, 0.1) is 0 Å². The molecule has 5 heteroatoms. The zero-order valence-electron chi connectivity index (χ0n) is 11.6. The number of nitrogens with zero attached hydrogens (tertiary/aromatic N) is 2. The molecule has 0 aliphatic heterocycles. The lowest BCUT2D eigenvalue weighted by Crippen LogP contribution is -1.99. The minimum absolute atomic E-state index is 0.497. The molecule has 1 aromatic carbocycles. The van der Waals surface area contributed by atoms with Gasteiger partial charge in [-0.05, 0) is 42.8 Å². The molecule has 0 radical (unpaired) electrons. The summed E-state index contributed by atoms with van der Waals surface area (Å²) in [5, 5.41) is 10.7. The van der Waals surface area contributed by atoms with E-state index in [9.17, 15) is 5.11 Å². The van der Waals surface area contributed by atoms with Gasteiger partial charge in [0.25, 0.3) is 0 Å². The van der Waals surface area contributed by atoms with Crippen LogP contribution in [0.4, 0.5) is 0 Å². The molecule has 1 unspecified atom stereocenters. The number of fused-ring (bicyclic) bond motifs is 1. The fraction of sp³-hybridized carbons (Fsp3) is 0.250. The van der Waals surface area contributed by atoms with Gasteiger partial charge in [0.05, 0.1) is 11.8 Å². The monoisotopic (exact) mass is 302 g/mol. The summed E-state index contributed by atoms with van der Waals surface area (Å²) in [4.78, 5) is 8.76. The Hall–Kier alpha value is -1.91. The van der Waals surface area contributed by atoms with Crippen LogP contribution in [0.2, 0.25) is 5.02 Å². The largest absolute Gasteiger partial charge is 0.434 e. The van der Waals surface area contributed by atoms with Crippen LogP contribution in [0.3, 0.4) is 0 Å². The SMILES string of the molecule is CCCC(O)c1ccc2oc(-c3ccc(Cl)cc3)nc2n1. The number of aliphatic hydroxyl groups excluding tert-OH is 1. The average Bonchev–Trinajstić information content (AvgIpc) is 2.91. The van der Waals surface area contributed by atoms with Crippen molar-refractivity contribution in [3.63, 3.8) is 0 Å². The molecule has 2 heterocycles. The summed E-state index contributed by atoms with van der Waals surface area (Å²) in [6.45, 7) is 2.02. The fourth-order valence-corrected chi connectivity index (χ4v) is 2.28. The first-order valence-corrected chi connectivity index (χ1v) is 7.26. The van der Waals surface area contributed by atoms with Gasteiger partial charge in [0, 0.05) is 10.6 Å². The van der Waals surface area contributed by atoms with E-state index in [-0.39, 0.29) is 0 Å². The fourth-order valence-electron chi connectivity index (χ4n) is 2.16. The van der Waals surface area contributed by atoms with Gasteiger partial charge in [-0.25, -0.2) is 4.98 Å². The van der Waals surface area contributed by atoms with Crippen LogP contribution >= 0.6 is 11.6 Å². The van der Waals surface area contributed by atoms with Crippen LogP contribution in [0.1, 0.15) is 31.6 Å². The zero-order chi connectivity index (χ0) is 14.8. The maximum atomic E-state index is 10.00.